The van der Waals surface area contributed by atoms with Gasteiger partial charge in [0.05, 0.1) is 0 Å². The summed E-state index contributed by atoms with van der Waals surface area (Å²) in [5.41, 5.74) is 5.45. The molecule has 0 saturated carbocycles. The molecule has 1 heterocycles. The van der Waals surface area contributed by atoms with Crippen LogP contribution < -0.4 is 5.73 Å². The van der Waals surface area contributed by atoms with Crippen molar-refractivity contribution in [3.63, 3.8) is 0 Å². The summed E-state index contributed by atoms with van der Waals surface area (Å²) in [7, 11) is 0. The summed E-state index contributed by atoms with van der Waals surface area (Å²) in [5.74, 6) is 0.286. The molecule has 0 aromatic rings. The number of rotatable bonds is 3. The van der Waals surface area contributed by atoms with E-state index in [2.05, 4.69) is 13.8 Å². The summed E-state index contributed by atoms with van der Waals surface area (Å²) >= 11 is 0. The highest BCUT2D eigenvalue weighted by Crippen LogP contribution is 2.24. The van der Waals surface area contributed by atoms with Gasteiger partial charge in [-0.2, -0.15) is 0 Å². The molecule has 12 heavy (non-hydrogen) atoms. The van der Waals surface area contributed by atoms with Crippen LogP contribution in [0.25, 0.3) is 0 Å². The maximum Gasteiger partial charge on any atom is 0.223 e. The van der Waals surface area contributed by atoms with Gasteiger partial charge in [-0.1, -0.05) is 0 Å². The molecule has 3 nitrogen and oxygen atoms in total. The van der Waals surface area contributed by atoms with Crippen LogP contribution in [0.2, 0.25) is 0 Å². The van der Waals surface area contributed by atoms with Crippen molar-refractivity contribution in [3.05, 3.63) is 0 Å². The third-order valence-electron chi connectivity index (χ3n) is 2.56. The number of nitrogens with zero attached hydrogens (tertiary/aromatic N) is 1. The Morgan fingerprint density at radius 2 is 2.25 bits per heavy atom. The Morgan fingerprint density at radius 3 is 2.67 bits per heavy atom. The molecule has 0 radical (unpaired) electrons. The first-order chi connectivity index (χ1) is 5.58. The fraction of sp³-hybridized carbons (Fsp3) is 0.889. The molecule has 0 bridgehead atoms. The minimum atomic E-state index is -0.0394. The third kappa shape index (κ3) is 1.78. The lowest BCUT2D eigenvalue weighted by molar-refractivity contribution is -0.132. The number of carbonyl (C=O) groups excluding carboxylic acids is 1. The van der Waals surface area contributed by atoms with Crippen LogP contribution in [0.5, 0.6) is 0 Å². The van der Waals surface area contributed by atoms with Crippen LogP contribution >= 0.6 is 0 Å². The molecular formula is C9H18N2O. The lowest BCUT2D eigenvalue weighted by atomic mass is 9.99. The Balaban J connectivity index is 2.60. The van der Waals surface area contributed by atoms with E-state index in [1.165, 1.54) is 0 Å². The first kappa shape index (κ1) is 9.52. The maximum atomic E-state index is 11.4. The minimum Gasteiger partial charge on any atom is -0.338 e. The predicted molar refractivity (Wildman–Crippen MR) is 48.7 cm³/mol. The van der Waals surface area contributed by atoms with Gasteiger partial charge in [0.25, 0.3) is 0 Å². The SMILES string of the molecule is CC(C)(CCN)N1CCCC1=O. The molecule has 1 saturated heterocycles. The van der Waals surface area contributed by atoms with E-state index in [9.17, 15) is 4.79 Å². The molecule has 0 unspecified atom stereocenters. The van der Waals surface area contributed by atoms with Gasteiger partial charge in [-0.15, -0.1) is 0 Å². The van der Waals surface area contributed by atoms with E-state index < -0.39 is 0 Å². The second-order valence-electron chi connectivity index (χ2n) is 4.00. The van der Waals surface area contributed by atoms with E-state index in [0.717, 1.165) is 19.4 Å². The van der Waals surface area contributed by atoms with E-state index in [0.29, 0.717) is 13.0 Å². The Labute approximate surface area is 73.9 Å². The average molecular weight is 170 g/mol. The van der Waals surface area contributed by atoms with E-state index in [1.54, 1.807) is 0 Å². The van der Waals surface area contributed by atoms with Crippen molar-refractivity contribution < 1.29 is 4.79 Å². The third-order valence-corrected chi connectivity index (χ3v) is 2.56. The molecule has 3 heteroatoms. The number of amides is 1. The van der Waals surface area contributed by atoms with Gasteiger partial charge in [0.1, 0.15) is 0 Å². The fourth-order valence-corrected chi connectivity index (χ4v) is 1.78. The van der Waals surface area contributed by atoms with Crippen molar-refractivity contribution in [2.24, 2.45) is 5.73 Å². The van der Waals surface area contributed by atoms with Gasteiger partial charge in [-0.3, -0.25) is 4.79 Å². The van der Waals surface area contributed by atoms with Crippen LogP contribution in [0.15, 0.2) is 0 Å². The molecule has 1 rings (SSSR count). The second kappa shape index (κ2) is 3.44. The quantitative estimate of drug-likeness (QED) is 0.679. The number of hydrogen-bond acceptors (Lipinski definition) is 2. The standard InChI is InChI=1S/C9H18N2O/c1-9(2,5-6-10)11-7-3-4-8(11)12/h3-7,10H2,1-2H3. The Bertz CT molecular complexity index is 177. The lowest BCUT2D eigenvalue weighted by Crippen LogP contribution is -2.45. The Morgan fingerprint density at radius 1 is 1.58 bits per heavy atom. The van der Waals surface area contributed by atoms with Crippen molar-refractivity contribution in [1.82, 2.24) is 4.90 Å². The van der Waals surface area contributed by atoms with E-state index in [-0.39, 0.29) is 11.4 Å². The van der Waals surface area contributed by atoms with Gasteiger partial charge in [-0.05, 0) is 33.2 Å². The van der Waals surface area contributed by atoms with Crippen molar-refractivity contribution in [2.75, 3.05) is 13.1 Å². The first-order valence-corrected chi connectivity index (χ1v) is 4.58. The zero-order valence-corrected chi connectivity index (χ0v) is 7.97. The van der Waals surface area contributed by atoms with Gasteiger partial charge in [0.2, 0.25) is 5.91 Å². The van der Waals surface area contributed by atoms with Gasteiger partial charge < -0.3 is 10.6 Å². The smallest absolute Gasteiger partial charge is 0.223 e. The van der Waals surface area contributed by atoms with Crippen molar-refractivity contribution in [2.45, 2.75) is 38.6 Å². The highest BCUT2D eigenvalue weighted by Gasteiger charge is 2.32. The monoisotopic (exact) mass is 170 g/mol. The summed E-state index contributed by atoms with van der Waals surface area (Å²) in [6.45, 7) is 5.73. The highest BCUT2D eigenvalue weighted by atomic mass is 16.2. The number of likely N-dealkylation sites (tertiary alicyclic amines) is 1. The van der Waals surface area contributed by atoms with Crippen LogP contribution in [0.4, 0.5) is 0 Å². The largest absolute Gasteiger partial charge is 0.338 e. The highest BCUT2D eigenvalue weighted by molar-refractivity contribution is 5.78. The van der Waals surface area contributed by atoms with Crippen LogP contribution in [-0.4, -0.2) is 29.4 Å². The zero-order chi connectivity index (χ0) is 9.19. The lowest BCUT2D eigenvalue weighted by Gasteiger charge is -2.35. The topological polar surface area (TPSA) is 46.3 Å². The molecule has 70 valence electrons. The van der Waals surface area contributed by atoms with Crippen LogP contribution in [0.3, 0.4) is 0 Å². The van der Waals surface area contributed by atoms with Crippen molar-refractivity contribution >= 4 is 5.91 Å². The maximum absolute atomic E-state index is 11.4. The molecule has 1 fully saturated rings. The Hall–Kier alpha value is -0.570. The molecule has 0 aromatic heterocycles. The van der Waals surface area contributed by atoms with Crippen LogP contribution in [0.1, 0.15) is 33.1 Å². The molecular weight excluding hydrogens is 152 g/mol. The first-order valence-electron chi connectivity index (χ1n) is 4.58. The molecule has 0 atom stereocenters. The number of nitrogens with two attached hydrogens (primary N) is 1. The fourth-order valence-electron chi connectivity index (χ4n) is 1.78. The number of carbonyl (C=O) groups is 1. The summed E-state index contributed by atoms with van der Waals surface area (Å²) in [4.78, 5) is 13.3. The van der Waals surface area contributed by atoms with E-state index in [1.807, 2.05) is 4.90 Å². The average Bonchev–Trinajstić information content (AvgIpc) is 2.35. The molecule has 2 N–H and O–H groups in total. The summed E-state index contributed by atoms with van der Waals surface area (Å²) < 4.78 is 0. The van der Waals surface area contributed by atoms with Crippen molar-refractivity contribution in [1.29, 1.82) is 0 Å². The number of hydrogen-bond donors (Lipinski definition) is 1. The van der Waals surface area contributed by atoms with Gasteiger partial charge in [0, 0.05) is 18.5 Å². The molecule has 0 spiro atoms. The summed E-state index contributed by atoms with van der Waals surface area (Å²) in [6.07, 6.45) is 2.61. The molecule has 1 amide bonds. The van der Waals surface area contributed by atoms with E-state index in [4.69, 9.17) is 5.73 Å². The molecule has 0 aliphatic carbocycles. The summed E-state index contributed by atoms with van der Waals surface area (Å²) in [5, 5.41) is 0. The normalized spacial score (nSPS) is 18.9. The molecule has 0 aromatic carbocycles. The predicted octanol–water partition coefficient (Wildman–Crippen LogP) is 0.736. The second-order valence-corrected chi connectivity index (χ2v) is 4.00. The Kier molecular flexibility index (Phi) is 2.73. The van der Waals surface area contributed by atoms with Crippen molar-refractivity contribution in [3.8, 4) is 0 Å². The zero-order valence-electron chi connectivity index (χ0n) is 7.97. The summed E-state index contributed by atoms with van der Waals surface area (Å²) in [6, 6.07) is 0. The van der Waals surface area contributed by atoms with Gasteiger partial charge >= 0.3 is 0 Å². The van der Waals surface area contributed by atoms with Gasteiger partial charge in [-0.25, -0.2) is 0 Å². The van der Waals surface area contributed by atoms with Crippen LogP contribution in [0, 0.1) is 0 Å². The van der Waals surface area contributed by atoms with Gasteiger partial charge in [0.15, 0.2) is 0 Å². The molecule has 1 aliphatic rings. The minimum absolute atomic E-state index is 0.0394. The molecule has 1 aliphatic heterocycles. The van der Waals surface area contributed by atoms with Crippen LogP contribution in [-0.2, 0) is 4.79 Å². The van der Waals surface area contributed by atoms with E-state index >= 15 is 0 Å².